The maximum Gasteiger partial charge on any atom is 0.573 e. The Labute approximate surface area is 148 Å². The molecule has 0 radical (unpaired) electrons. The van der Waals surface area contributed by atoms with Gasteiger partial charge in [-0.1, -0.05) is 0 Å². The first-order valence-corrected chi connectivity index (χ1v) is 9.17. The lowest BCUT2D eigenvalue weighted by atomic mass is 9.90. The normalized spacial score (nSPS) is 18.5. The first-order chi connectivity index (χ1) is 12.0. The predicted molar refractivity (Wildman–Crippen MR) is 80.2 cm³/mol. The van der Waals surface area contributed by atoms with Crippen LogP contribution in [0.3, 0.4) is 0 Å². The minimum absolute atomic E-state index is 0.0674. The Morgan fingerprint density at radius 3 is 2.27 bits per heavy atom. The monoisotopic (exact) mass is 396 g/mol. The highest BCUT2D eigenvalue weighted by Crippen LogP contribution is 2.28. The van der Waals surface area contributed by atoms with Crippen LogP contribution in [0.4, 0.5) is 13.2 Å². The van der Waals surface area contributed by atoms with E-state index in [1.54, 1.807) is 0 Å². The van der Waals surface area contributed by atoms with Crippen LogP contribution in [0.5, 0.6) is 5.75 Å². The SMILES string of the molecule is O=C([O-])CC(O)C1CCN(S(=O)(=O)c2ccc(OC(F)(F)F)cc2)CC1. The molecule has 1 N–H and O–H groups in total. The molecule has 0 aliphatic carbocycles. The molecule has 1 aliphatic heterocycles. The maximum atomic E-state index is 12.5. The van der Waals surface area contributed by atoms with Gasteiger partial charge in [-0.2, -0.15) is 4.31 Å². The molecule has 11 heteroatoms. The van der Waals surface area contributed by atoms with E-state index in [1.807, 2.05) is 0 Å². The molecule has 1 atom stereocenters. The third kappa shape index (κ3) is 5.32. The van der Waals surface area contributed by atoms with Crippen LogP contribution in [0.2, 0.25) is 0 Å². The first-order valence-electron chi connectivity index (χ1n) is 7.73. The van der Waals surface area contributed by atoms with E-state index < -0.39 is 40.6 Å². The Hall–Kier alpha value is -1.85. The second-order valence-electron chi connectivity index (χ2n) is 5.90. The Kier molecular flexibility index (Phi) is 6.14. The van der Waals surface area contributed by atoms with Crippen LogP contribution in [0, 0.1) is 5.92 Å². The van der Waals surface area contributed by atoms with Gasteiger partial charge >= 0.3 is 6.36 Å². The molecular weight excluding hydrogens is 379 g/mol. The molecule has 146 valence electrons. The topological polar surface area (TPSA) is 107 Å². The molecule has 0 aromatic heterocycles. The van der Waals surface area contributed by atoms with Crippen molar-refractivity contribution in [1.29, 1.82) is 0 Å². The molecule has 1 fully saturated rings. The molecule has 1 aliphatic rings. The van der Waals surface area contributed by atoms with Crippen molar-refractivity contribution in [1.82, 2.24) is 4.31 Å². The number of aliphatic hydroxyl groups is 1. The molecular formula is C15H17F3NO6S-. The highest BCUT2D eigenvalue weighted by Gasteiger charge is 2.33. The molecule has 1 aromatic carbocycles. The summed E-state index contributed by atoms with van der Waals surface area (Å²) in [4.78, 5) is 10.3. The summed E-state index contributed by atoms with van der Waals surface area (Å²) in [6.07, 6.45) is -5.96. The molecule has 1 heterocycles. The van der Waals surface area contributed by atoms with Crippen LogP contribution < -0.4 is 9.84 Å². The highest BCUT2D eigenvalue weighted by atomic mass is 32.2. The van der Waals surface area contributed by atoms with Gasteiger partial charge in [-0.3, -0.25) is 0 Å². The fraction of sp³-hybridized carbons (Fsp3) is 0.533. The number of carboxylic acid groups (broad SMARTS) is 1. The summed E-state index contributed by atoms with van der Waals surface area (Å²) in [6, 6.07) is 3.87. The van der Waals surface area contributed by atoms with Gasteiger partial charge in [-0.05, 0) is 43.0 Å². The second-order valence-corrected chi connectivity index (χ2v) is 7.84. The van der Waals surface area contributed by atoms with Gasteiger partial charge in [0, 0.05) is 25.5 Å². The minimum atomic E-state index is -4.87. The third-order valence-corrected chi connectivity index (χ3v) is 6.03. The second kappa shape index (κ2) is 7.80. The lowest BCUT2D eigenvalue weighted by Gasteiger charge is -2.33. The Balaban J connectivity index is 2.01. The molecule has 0 bridgehead atoms. The zero-order valence-electron chi connectivity index (χ0n) is 13.5. The number of piperidine rings is 1. The number of rotatable bonds is 6. The molecule has 7 nitrogen and oxygen atoms in total. The van der Waals surface area contributed by atoms with Gasteiger partial charge in [-0.25, -0.2) is 8.42 Å². The fourth-order valence-corrected chi connectivity index (χ4v) is 4.27. The van der Waals surface area contributed by atoms with Crippen LogP contribution in [0.1, 0.15) is 19.3 Å². The van der Waals surface area contributed by atoms with E-state index in [4.69, 9.17) is 0 Å². The van der Waals surface area contributed by atoms with Crippen molar-refractivity contribution in [3.63, 3.8) is 0 Å². The number of carbonyl (C=O) groups excluding carboxylic acids is 1. The average molecular weight is 396 g/mol. The van der Waals surface area contributed by atoms with Crippen molar-refractivity contribution in [2.75, 3.05) is 13.1 Å². The number of nitrogens with zero attached hydrogens (tertiary/aromatic N) is 1. The lowest BCUT2D eigenvalue weighted by Crippen LogP contribution is -2.42. The van der Waals surface area contributed by atoms with Gasteiger partial charge in [0.1, 0.15) is 5.75 Å². The van der Waals surface area contributed by atoms with E-state index >= 15 is 0 Å². The van der Waals surface area contributed by atoms with Crippen molar-refractivity contribution < 1.29 is 41.3 Å². The van der Waals surface area contributed by atoms with Gasteiger partial charge in [0.05, 0.1) is 11.0 Å². The number of ether oxygens (including phenoxy) is 1. The van der Waals surface area contributed by atoms with Crippen molar-refractivity contribution in [2.24, 2.45) is 5.92 Å². The number of hydrogen-bond donors (Lipinski definition) is 1. The molecule has 1 saturated heterocycles. The molecule has 2 rings (SSSR count). The zero-order chi connectivity index (χ0) is 19.5. The Bertz CT molecular complexity index is 727. The van der Waals surface area contributed by atoms with Gasteiger partial charge in [0.2, 0.25) is 10.0 Å². The predicted octanol–water partition coefficient (Wildman–Crippen LogP) is 0.487. The summed E-state index contributed by atoms with van der Waals surface area (Å²) in [6.45, 7) is 0.135. The van der Waals surface area contributed by atoms with E-state index in [9.17, 15) is 36.6 Å². The molecule has 0 saturated carbocycles. The Morgan fingerprint density at radius 2 is 1.81 bits per heavy atom. The summed E-state index contributed by atoms with van der Waals surface area (Å²) >= 11 is 0. The average Bonchev–Trinajstić information content (AvgIpc) is 2.53. The van der Waals surface area contributed by atoms with Crippen LogP contribution >= 0.6 is 0 Å². The lowest BCUT2D eigenvalue weighted by molar-refractivity contribution is -0.307. The van der Waals surface area contributed by atoms with Crippen LogP contribution in [-0.2, 0) is 14.8 Å². The number of aliphatic carboxylic acids is 1. The molecule has 1 unspecified atom stereocenters. The first kappa shape index (κ1) is 20.5. The van der Waals surface area contributed by atoms with E-state index in [-0.39, 0.29) is 36.7 Å². The maximum absolute atomic E-state index is 12.5. The van der Waals surface area contributed by atoms with Gasteiger partial charge < -0.3 is 19.7 Å². The van der Waals surface area contributed by atoms with Crippen molar-refractivity contribution in [3.8, 4) is 5.75 Å². The number of hydrogen-bond acceptors (Lipinski definition) is 6. The van der Waals surface area contributed by atoms with Crippen molar-refractivity contribution in [2.45, 2.75) is 36.6 Å². The number of carbonyl (C=O) groups is 1. The van der Waals surface area contributed by atoms with Crippen LogP contribution in [0.15, 0.2) is 29.2 Å². The number of benzene rings is 1. The summed E-state index contributed by atoms with van der Waals surface area (Å²) in [5, 5.41) is 20.3. The number of aliphatic hydroxyl groups excluding tert-OH is 1. The van der Waals surface area contributed by atoms with Crippen LogP contribution in [0.25, 0.3) is 0 Å². The number of alkyl halides is 3. The smallest absolute Gasteiger partial charge is 0.550 e. The van der Waals surface area contributed by atoms with Gasteiger partial charge in [0.15, 0.2) is 0 Å². The van der Waals surface area contributed by atoms with Gasteiger partial charge in [0.25, 0.3) is 0 Å². The zero-order valence-corrected chi connectivity index (χ0v) is 14.3. The van der Waals surface area contributed by atoms with Crippen LogP contribution in [-0.4, -0.2) is 49.4 Å². The summed E-state index contributed by atoms with van der Waals surface area (Å²) in [7, 11) is -3.91. The van der Waals surface area contributed by atoms with Gasteiger partial charge in [-0.15, -0.1) is 13.2 Å². The summed E-state index contributed by atoms with van der Waals surface area (Å²) in [5.74, 6) is -2.27. The number of carboxylic acids is 1. The summed E-state index contributed by atoms with van der Waals surface area (Å²) in [5.41, 5.74) is 0. The molecule has 0 spiro atoms. The highest BCUT2D eigenvalue weighted by molar-refractivity contribution is 7.89. The van der Waals surface area contributed by atoms with E-state index in [1.165, 1.54) is 0 Å². The van der Waals surface area contributed by atoms with E-state index in [0.717, 1.165) is 28.6 Å². The third-order valence-electron chi connectivity index (χ3n) is 4.11. The molecule has 0 amide bonds. The minimum Gasteiger partial charge on any atom is -0.550 e. The summed E-state index contributed by atoms with van der Waals surface area (Å²) < 4.78 is 66.3. The standard InChI is InChI=1S/C15H18F3NO6S/c16-15(17,18)25-11-1-3-12(4-2-11)26(23,24)19-7-5-10(6-8-19)13(20)9-14(21)22/h1-4,10,13,20H,5-9H2,(H,21,22)/p-1. The van der Waals surface area contributed by atoms with E-state index in [2.05, 4.69) is 4.74 Å². The number of halogens is 3. The quantitative estimate of drug-likeness (QED) is 0.750. The molecule has 26 heavy (non-hydrogen) atoms. The van der Waals surface area contributed by atoms with Crippen molar-refractivity contribution in [3.05, 3.63) is 24.3 Å². The largest absolute Gasteiger partial charge is 0.573 e. The van der Waals surface area contributed by atoms with E-state index in [0.29, 0.717) is 0 Å². The number of sulfonamides is 1. The Morgan fingerprint density at radius 1 is 1.27 bits per heavy atom. The van der Waals surface area contributed by atoms with Crippen molar-refractivity contribution >= 4 is 16.0 Å². The fourth-order valence-electron chi connectivity index (χ4n) is 2.80. The molecule has 1 aromatic rings.